The third-order valence-corrected chi connectivity index (χ3v) is 3.09. The number of hydrogen-bond acceptors (Lipinski definition) is 0. The predicted octanol–water partition coefficient (Wildman–Crippen LogP) is 5.27. The fraction of sp³-hybridized carbons (Fsp3) is 0.0769. The number of halogens is 5. The summed E-state index contributed by atoms with van der Waals surface area (Å²) in [6, 6.07) is 9.07. The van der Waals surface area contributed by atoms with Crippen LogP contribution in [0.1, 0.15) is 5.56 Å². The molecule has 0 saturated heterocycles. The van der Waals surface area contributed by atoms with E-state index in [0.717, 1.165) is 12.1 Å². The molecule has 0 unspecified atom stereocenters. The van der Waals surface area contributed by atoms with Gasteiger partial charge < -0.3 is 0 Å². The SMILES string of the molecule is Fc1c(Br)cccc1-c1ccc(C(F)(F)F)cc1. The average molecular weight is 319 g/mol. The molecule has 0 amide bonds. The van der Waals surface area contributed by atoms with Crippen LogP contribution in [0.2, 0.25) is 0 Å². The molecule has 0 aliphatic rings. The molecule has 0 fully saturated rings. The van der Waals surface area contributed by atoms with Crippen LogP contribution in [0.5, 0.6) is 0 Å². The van der Waals surface area contributed by atoms with Crippen LogP contribution in [0.25, 0.3) is 11.1 Å². The monoisotopic (exact) mass is 318 g/mol. The highest BCUT2D eigenvalue weighted by Crippen LogP contribution is 2.32. The summed E-state index contributed by atoms with van der Waals surface area (Å²) in [7, 11) is 0. The van der Waals surface area contributed by atoms with E-state index < -0.39 is 17.6 Å². The molecule has 94 valence electrons. The Morgan fingerprint density at radius 3 is 2.06 bits per heavy atom. The molecule has 2 aromatic rings. The summed E-state index contributed by atoms with van der Waals surface area (Å²) in [5, 5.41) is 0. The van der Waals surface area contributed by atoms with Crippen molar-refractivity contribution in [3.05, 3.63) is 58.3 Å². The Kier molecular flexibility index (Phi) is 3.43. The number of hydrogen-bond donors (Lipinski definition) is 0. The van der Waals surface area contributed by atoms with E-state index >= 15 is 0 Å². The Morgan fingerprint density at radius 2 is 1.50 bits per heavy atom. The maximum absolute atomic E-state index is 13.8. The first-order chi connectivity index (χ1) is 8.39. The Bertz CT molecular complexity index is 558. The highest BCUT2D eigenvalue weighted by Gasteiger charge is 2.30. The third-order valence-electron chi connectivity index (χ3n) is 2.47. The van der Waals surface area contributed by atoms with E-state index in [1.165, 1.54) is 24.3 Å². The minimum Gasteiger partial charge on any atom is -0.205 e. The Balaban J connectivity index is 2.44. The van der Waals surface area contributed by atoms with Crippen LogP contribution in [0.15, 0.2) is 46.9 Å². The molecule has 0 saturated carbocycles. The van der Waals surface area contributed by atoms with Gasteiger partial charge in [0.05, 0.1) is 10.0 Å². The van der Waals surface area contributed by atoms with Crippen molar-refractivity contribution in [2.45, 2.75) is 6.18 Å². The van der Waals surface area contributed by atoms with Gasteiger partial charge in [0.15, 0.2) is 0 Å². The highest BCUT2D eigenvalue weighted by molar-refractivity contribution is 9.10. The topological polar surface area (TPSA) is 0 Å². The van der Waals surface area contributed by atoms with Crippen molar-refractivity contribution in [2.24, 2.45) is 0 Å². The first kappa shape index (κ1) is 13.1. The van der Waals surface area contributed by atoms with E-state index in [1.807, 2.05) is 0 Å². The average Bonchev–Trinajstić information content (AvgIpc) is 2.32. The van der Waals surface area contributed by atoms with Crippen molar-refractivity contribution in [1.82, 2.24) is 0 Å². The smallest absolute Gasteiger partial charge is 0.205 e. The van der Waals surface area contributed by atoms with Gasteiger partial charge in [0.1, 0.15) is 5.82 Å². The predicted molar refractivity (Wildman–Crippen MR) is 64.5 cm³/mol. The van der Waals surface area contributed by atoms with E-state index in [0.29, 0.717) is 5.56 Å². The molecule has 2 rings (SSSR count). The van der Waals surface area contributed by atoms with Gasteiger partial charge in [-0.2, -0.15) is 13.2 Å². The van der Waals surface area contributed by atoms with Gasteiger partial charge >= 0.3 is 6.18 Å². The summed E-state index contributed by atoms with van der Waals surface area (Å²) in [6.45, 7) is 0. The lowest BCUT2D eigenvalue weighted by Crippen LogP contribution is -2.04. The lowest BCUT2D eigenvalue weighted by Gasteiger charge is -2.08. The normalized spacial score (nSPS) is 11.6. The van der Waals surface area contributed by atoms with Gasteiger partial charge in [0.25, 0.3) is 0 Å². The molecule has 0 spiro atoms. The second-order valence-electron chi connectivity index (χ2n) is 3.68. The van der Waals surface area contributed by atoms with Crippen molar-refractivity contribution in [3.8, 4) is 11.1 Å². The van der Waals surface area contributed by atoms with Crippen LogP contribution in [0.4, 0.5) is 17.6 Å². The molecular formula is C13H7BrF4. The van der Waals surface area contributed by atoms with E-state index in [4.69, 9.17) is 0 Å². The molecule has 0 nitrogen and oxygen atoms in total. The van der Waals surface area contributed by atoms with Crippen LogP contribution < -0.4 is 0 Å². The van der Waals surface area contributed by atoms with Gasteiger partial charge in [0, 0.05) is 5.56 Å². The zero-order valence-corrected chi connectivity index (χ0v) is 10.5. The van der Waals surface area contributed by atoms with Crippen molar-refractivity contribution in [2.75, 3.05) is 0 Å². The number of alkyl halides is 3. The minimum atomic E-state index is -4.38. The quantitative estimate of drug-likeness (QED) is 0.628. The van der Waals surface area contributed by atoms with Crippen molar-refractivity contribution >= 4 is 15.9 Å². The van der Waals surface area contributed by atoms with E-state index in [1.54, 1.807) is 6.07 Å². The summed E-state index contributed by atoms with van der Waals surface area (Å²) in [6.07, 6.45) is -4.38. The van der Waals surface area contributed by atoms with Gasteiger partial charge in [0.2, 0.25) is 0 Å². The summed E-state index contributed by atoms with van der Waals surface area (Å²) in [4.78, 5) is 0. The van der Waals surface area contributed by atoms with E-state index in [2.05, 4.69) is 15.9 Å². The first-order valence-corrected chi connectivity index (χ1v) is 5.80. The van der Waals surface area contributed by atoms with Crippen molar-refractivity contribution in [3.63, 3.8) is 0 Å². The fourth-order valence-electron chi connectivity index (χ4n) is 1.57. The van der Waals surface area contributed by atoms with Crippen LogP contribution in [0, 0.1) is 5.82 Å². The first-order valence-electron chi connectivity index (χ1n) is 5.01. The Labute approximate surface area is 109 Å². The lowest BCUT2D eigenvalue weighted by atomic mass is 10.0. The second kappa shape index (κ2) is 4.72. The van der Waals surface area contributed by atoms with Crippen LogP contribution >= 0.6 is 15.9 Å². The number of benzene rings is 2. The fourth-order valence-corrected chi connectivity index (χ4v) is 1.93. The zero-order chi connectivity index (χ0) is 13.3. The largest absolute Gasteiger partial charge is 0.416 e. The van der Waals surface area contributed by atoms with Gasteiger partial charge in [-0.25, -0.2) is 4.39 Å². The Morgan fingerprint density at radius 1 is 0.889 bits per heavy atom. The molecule has 0 radical (unpaired) electrons. The molecule has 0 aliphatic carbocycles. The van der Waals surface area contributed by atoms with E-state index in [-0.39, 0.29) is 10.0 Å². The molecule has 0 N–H and O–H groups in total. The molecule has 0 aromatic heterocycles. The maximum Gasteiger partial charge on any atom is 0.416 e. The molecule has 0 atom stereocenters. The molecule has 0 bridgehead atoms. The van der Waals surface area contributed by atoms with Gasteiger partial charge in [-0.05, 0) is 39.7 Å². The van der Waals surface area contributed by atoms with Crippen molar-refractivity contribution in [1.29, 1.82) is 0 Å². The van der Waals surface area contributed by atoms with Gasteiger partial charge in [-0.1, -0.05) is 24.3 Å². The third kappa shape index (κ3) is 2.56. The molecule has 5 heteroatoms. The highest BCUT2D eigenvalue weighted by atomic mass is 79.9. The Hall–Kier alpha value is -1.36. The summed E-state index contributed by atoms with van der Waals surface area (Å²) in [5.74, 6) is -0.489. The zero-order valence-electron chi connectivity index (χ0n) is 8.93. The molecule has 0 heterocycles. The van der Waals surface area contributed by atoms with Crippen molar-refractivity contribution < 1.29 is 17.6 Å². The molecule has 0 aliphatic heterocycles. The number of rotatable bonds is 1. The standard InChI is InChI=1S/C13H7BrF4/c14-11-3-1-2-10(12(11)15)8-4-6-9(7-5-8)13(16,17)18/h1-7H. The van der Waals surface area contributed by atoms with Crippen LogP contribution in [-0.4, -0.2) is 0 Å². The molecular weight excluding hydrogens is 312 g/mol. The van der Waals surface area contributed by atoms with Gasteiger partial charge in [-0.15, -0.1) is 0 Å². The second-order valence-corrected chi connectivity index (χ2v) is 4.53. The van der Waals surface area contributed by atoms with E-state index in [9.17, 15) is 17.6 Å². The maximum atomic E-state index is 13.8. The van der Waals surface area contributed by atoms with Crippen LogP contribution in [0.3, 0.4) is 0 Å². The summed E-state index contributed by atoms with van der Waals surface area (Å²) >= 11 is 3.03. The lowest BCUT2D eigenvalue weighted by molar-refractivity contribution is -0.137. The molecule has 2 aromatic carbocycles. The molecule has 18 heavy (non-hydrogen) atoms. The van der Waals surface area contributed by atoms with Gasteiger partial charge in [-0.3, -0.25) is 0 Å². The van der Waals surface area contributed by atoms with Crippen LogP contribution in [-0.2, 0) is 6.18 Å². The summed E-state index contributed by atoms with van der Waals surface area (Å²) < 4.78 is 51.2. The minimum absolute atomic E-state index is 0.262. The summed E-state index contributed by atoms with van der Waals surface area (Å²) in [5.41, 5.74) is -0.0819.